The first-order valence-corrected chi connectivity index (χ1v) is 11.3. The summed E-state index contributed by atoms with van der Waals surface area (Å²) in [4.78, 5) is 6.53. The van der Waals surface area contributed by atoms with Crippen molar-refractivity contribution < 1.29 is 22.1 Å². The standard InChI is InChI=1S/C22H22F3N3O2S/c1-30-20-12-18-16(11-19(20)28-7-9-31(29)10-8-28)17(5-6-26-18)27-13-14-3-2-4-15(21(14)23)22(24)25/h2-6,11-12,22H,7-10,13H2,1H3,(H,26,27). The Morgan fingerprint density at radius 3 is 2.71 bits per heavy atom. The van der Waals surface area contributed by atoms with Gasteiger partial charge in [-0.05, 0) is 12.1 Å². The number of alkyl halides is 2. The Bertz CT molecular complexity index is 1120. The van der Waals surface area contributed by atoms with E-state index in [1.165, 1.54) is 12.1 Å². The predicted octanol–water partition coefficient (Wildman–Crippen LogP) is 4.50. The van der Waals surface area contributed by atoms with Crippen molar-refractivity contribution in [3.05, 3.63) is 59.5 Å². The number of anilines is 2. The minimum Gasteiger partial charge on any atom is -0.495 e. The third kappa shape index (κ3) is 4.46. The maximum atomic E-state index is 14.4. The molecule has 5 nitrogen and oxygen atoms in total. The van der Waals surface area contributed by atoms with E-state index in [0.29, 0.717) is 41.5 Å². The second-order valence-corrected chi connectivity index (χ2v) is 8.91. The van der Waals surface area contributed by atoms with E-state index in [0.717, 1.165) is 17.1 Å². The summed E-state index contributed by atoms with van der Waals surface area (Å²) >= 11 is 0. The molecule has 3 aromatic rings. The molecule has 1 saturated heterocycles. The third-order valence-corrected chi connectivity index (χ3v) is 6.65. The van der Waals surface area contributed by atoms with Crippen LogP contribution in [0.15, 0.2) is 42.6 Å². The molecule has 0 bridgehead atoms. The van der Waals surface area contributed by atoms with Crippen molar-refractivity contribution in [1.29, 1.82) is 0 Å². The second kappa shape index (κ2) is 9.13. The van der Waals surface area contributed by atoms with Crippen LogP contribution in [0.2, 0.25) is 0 Å². The highest BCUT2D eigenvalue weighted by Gasteiger charge is 2.20. The fourth-order valence-electron chi connectivity index (χ4n) is 3.70. The van der Waals surface area contributed by atoms with Crippen LogP contribution >= 0.6 is 0 Å². The quantitative estimate of drug-likeness (QED) is 0.601. The first kappa shape index (κ1) is 21.4. The van der Waals surface area contributed by atoms with Crippen LogP contribution in [0.25, 0.3) is 10.9 Å². The number of pyridine rings is 1. The normalized spacial score (nSPS) is 14.9. The molecule has 9 heteroatoms. The minimum atomic E-state index is -2.87. The molecule has 1 N–H and O–H groups in total. The van der Waals surface area contributed by atoms with E-state index in [1.807, 2.05) is 12.1 Å². The van der Waals surface area contributed by atoms with Gasteiger partial charge in [-0.1, -0.05) is 18.2 Å². The lowest BCUT2D eigenvalue weighted by Gasteiger charge is -2.30. The number of methoxy groups -OCH3 is 1. The van der Waals surface area contributed by atoms with Crippen molar-refractivity contribution >= 4 is 33.1 Å². The summed E-state index contributed by atoms with van der Waals surface area (Å²) in [6.45, 7) is 1.36. The fourth-order valence-corrected chi connectivity index (χ4v) is 4.75. The summed E-state index contributed by atoms with van der Waals surface area (Å²) in [7, 11) is 0.788. The monoisotopic (exact) mass is 449 g/mol. The average Bonchev–Trinajstić information content (AvgIpc) is 2.77. The number of hydrogen-bond donors (Lipinski definition) is 1. The first-order chi connectivity index (χ1) is 15.0. The summed E-state index contributed by atoms with van der Waals surface area (Å²) in [6, 6.07) is 9.55. The number of nitrogens with zero attached hydrogens (tertiary/aromatic N) is 2. The van der Waals surface area contributed by atoms with Gasteiger partial charge in [-0.2, -0.15) is 0 Å². The zero-order valence-electron chi connectivity index (χ0n) is 16.9. The zero-order chi connectivity index (χ0) is 22.0. The van der Waals surface area contributed by atoms with Crippen molar-refractivity contribution in [1.82, 2.24) is 4.98 Å². The second-order valence-electron chi connectivity index (χ2n) is 7.21. The molecule has 1 aliphatic heterocycles. The summed E-state index contributed by atoms with van der Waals surface area (Å²) < 4.78 is 57.7. The van der Waals surface area contributed by atoms with Crippen LogP contribution in [0.1, 0.15) is 17.6 Å². The first-order valence-electron chi connectivity index (χ1n) is 9.84. The largest absolute Gasteiger partial charge is 0.495 e. The maximum absolute atomic E-state index is 14.4. The molecule has 0 spiro atoms. The van der Waals surface area contributed by atoms with Gasteiger partial charge in [0.25, 0.3) is 6.43 Å². The van der Waals surface area contributed by atoms with E-state index in [9.17, 15) is 17.4 Å². The molecule has 0 atom stereocenters. The molecule has 4 rings (SSSR count). The van der Waals surface area contributed by atoms with E-state index >= 15 is 0 Å². The number of benzene rings is 2. The molecule has 164 valence electrons. The van der Waals surface area contributed by atoms with Crippen LogP contribution in [-0.4, -0.2) is 40.9 Å². The van der Waals surface area contributed by atoms with E-state index in [4.69, 9.17) is 4.74 Å². The minimum absolute atomic E-state index is 0.0512. The smallest absolute Gasteiger partial charge is 0.266 e. The molecule has 2 heterocycles. The number of halogens is 3. The molecule has 0 radical (unpaired) electrons. The highest BCUT2D eigenvalue weighted by molar-refractivity contribution is 7.85. The lowest BCUT2D eigenvalue weighted by Crippen LogP contribution is -2.37. The Morgan fingerprint density at radius 1 is 1.23 bits per heavy atom. The maximum Gasteiger partial charge on any atom is 0.266 e. The predicted molar refractivity (Wildman–Crippen MR) is 117 cm³/mol. The molecule has 0 saturated carbocycles. The fraction of sp³-hybridized carbons (Fsp3) is 0.318. The topological polar surface area (TPSA) is 54.5 Å². The number of hydrogen-bond acceptors (Lipinski definition) is 5. The molecule has 0 aliphatic carbocycles. The van der Waals surface area contributed by atoms with Crippen LogP contribution in [0.3, 0.4) is 0 Å². The van der Waals surface area contributed by atoms with Gasteiger partial charge >= 0.3 is 0 Å². The Kier molecular flexibility index (Phi) is 6.31. The SMILES string of the molecule is COc1cc2nccc(NCc3cccc(C(F)F)c3F)c2cc1N1CCS(=O)CC1. The van der Waals surface area contributed by atoms with Gasteiger partial charge in [-0.15, -0.1) is 0 Å². The molecule has 1 fully saturated rings. The van der Waals surface area contributed by atoms with Crippen molar-refractivity contribution in [3.63, 3.8) is 0 Å². The Labute approximate surface area is 180 Å². The van der Waals surface area contributed by atoms with Gasteiger partial charge in [0.15, 0.2) is 0 Å². The van der Waals surface area contributed by atoms with Gasteiger partial charge in [-0.25, -0.2) is 13.2 Å². The molecule has 0 unspecified atom stereocenters. The van der Waals surface area contributed by atoms with E-state index in [2.05, 4.69) is 15.2 Å². The summed E-state index contributed by atoms with van der Waals surface area (Å²) in [5.74, 6) is 0.964. The van der Waals surface area contributed by atoms with Crippen LogP contribution in [0.5, 0.6) is 5.75 Å². The average molecular weight is 449 g/mol. The number of ether oxygens (including phenoxy) is 1. The van der Waals surface area contributed by atoms with Gasteiger partial charge in [-0.3, -0.25) is 9.19 Å². The van der Waals surface area contributed by atoms with Crippen molar-refractivity contribution in [2.24, 2.45) is 0 Å². The molecule has 1 aliphatic rings. The number of fused-ring (bicyclic) bond motifs is 1. The van der Waals surface area contributed by atoms with Crippen LogP contribution in [0, 0.1) is 5.82 Å². The van der Waals surface area contributed by atoms with Crippen molar-refractivity contribution in [3.8, 4) is 5.75 Å². The lowest BCUT2D eigenvalue weighted by molar-refractivity contribution is 0.146. The van der Waals surface area contributed by atoms with Gasteiger partial charge < -0.3 is 15.0 Å². The third-order valence-electron chi connectivity index (χ3n) is 5.37. The number of aromatic nitrogens is 1. The summed E-state index contributed by atoms with van der Waals surface area (Å²) in [6.07, 6.45) is -1.24. The van der Waals surface area contributed by atoms with E-state index < -0.39 is 28.6 Å². The highest BCUT2D eigenvalue weighted by atomic mass is 32.2. The molecule has 0 amide bonds. The molecule has 31 heavy (non-hydrogen) atoms. The molecule has 2 aromatic carbocycles. The lowest BCUT2D eigenvalue weighted by atomic mass is 10.1. The van der Waals surface area contributed by atoms with E-state index in [-0.39, 0.29) is 12.1 Å². The van der Waals surface area contributed by atoms with Crippen LogP contribution in [-0.2, 0) is 17.3 Å². The Morgan fingerprint density at radius 2 is 2.00 bits per heavy atom. The van der Waals surface area contributed by atoms with Crippen LogP contribution in [0.4, 0.5) is 24.5 Å². The van der Waals surface area contributed by atoms with Gasteiger partial charge in [0.2, 0.25) is 0 Å². The summed E-state index contributed by atoms with van der Waals surface area (Å²) in [5, 5.41) is 3.95. The van der Waals surface area contributed by atoms with Crippen molar-refractivity contribution in [2.45, 2.75) is 13.0 Å². The Balaban J connectivity index is 1.66. The van der Waals surface area contributed by atoms with Gasteiger partial charge in [0, 0.05) is 70.8 Å². The molecular formula is C22H22F3N3O2S. The highest BCUT2D eigenvalue weighted by Crippen LogP contribution is 2.36. The number of nitrogens with one attached hydrogen (secondary N) is 1. The molecular weight excluding hydrogens is 427 g/mol. The number of rotatable bonds is 6. The Hall–Kier alpha value is -2.81. The van der Waals surface area contributed by atoms with Crippen molar-refractivity contribution in [2.75, 3.05) is 41.9 Å². The van der Waals surface area contributed by atoms with Gasteiger partial charge in [0.05, 0.1) is 23.9 Å². The summed E-state index contributed by atoms with van der Waals surface area (Å²) in [5.41, 5.74) is 1.82. The zero-order valence-corrected chi connectivity index (χ0v) is 17.7. The van der Waals surface area contributed by atoms with E-state index in [1.54, 1.807) is 19.4 Å². The van der Waals surface area contributed by atoms with Gasteiger partial charge in [0.1, 0.15) is 11.6 Å². The molecule has 1 aromatic heterocycles. The van der Waals surface area contributed by atoms with Crippen LogP contribution < -0.4 is 15.0 Å².